The molecule has 2 heterocycles. The summed E-state index contributed by atoms with van der Waals surface area (Å²) < 4.78 is 1.15. The Hall–Kier alpha value is -0.740. The molecule has 86 valence electrons. The summed E-state index contributed by atoms with van der Waals surface area (Å²) >= 11 is 3.53. The third kappa shape index (κ3) is 1.80. The summed E-state index contributed by atoms with van der Waals surface area (Å²) in [4.78, 5) is 2.54. The Morgan fingerprint density at radius 1 is 1.31 bits per heavy atom. The molecule has 2 N–H and O–H groups in total. The lowest BCUT2D eigenvalue weighted by Crippen LogP contribution is -2.51. The molecule has 1 fully saturated rings. The van der Waals surface area contributed by atoms with Crippen LogP contribution in [0, 0.1) is 0 Å². The van der Waals surface area contributed by atoms with Crippen LogP contribution in [0.4, 0.5) is 11.4 Å². The van der Waals surface area contributed by atoms with Crippen LogP contribution in [0.5, 0.6) is 0 Å². The van der Waals surface area contributed by atoms with Crippen molar-refractivity contribution in [3.63, 3.8) is 0 Å². The Morgan fingerprint density at radius 2 is 2.25 bits per heavy atom. The maximum atomic E-state index is 3.53. The van der Waals surface area contributed by atoms with Crippen LogP contribution in [0.25, 0.3) is 0 Å². The highest BCUT2D eigenvalue weighted by Crippen LogP contribution is 2.33. The van der Waals surface area contributed by atoms with Crippen molar-refractivity contribution in [1.29, 1.82) is 0 Å². The van der Waals surface area contributed by atoms with Gasteiger partial charge in [0.2, 0.25) is 0 Å². The van der Waals surface area contributed by atoms with Crippen molar-refractivity contribution in [2.24, 2.45) is 0 Å². The molecular weight excluding hydrogens is 266 g/mol. The van der Waals surface area contributed by atoms with Crippen LogP contribution < -0.4 is 15.5 Å². The van der Waals surface area contributed by atoms with Crippen molar-refractivity contribution < 1.29 is 0 Å². The van der Waals surface area contributed by atoms with Gasteiger partial charge in [-0.15, -0.1) is 0 Å². The second-order valence-electron chi connectivity index (χ2n) is 4.43. The van der Waals surface area contributed by atoms with Crippen LogP contribution >= 0.6 is 15.9 Å². The molecule has 2 aliphatic heterocycles. The lowest BCUT2D eigenvalue weighted by atomic mass is 10.1. The van der Waals surface area contributed by atoms with Gasteiger partial charge < -0.3 is 15.5 Å². The molecule has 2 aliphatic rings. The largest absolute Gasteiger partial charge is 0.383 e. The van der Waals surface area contributed by atoms with E-state index in [9.17, 15) is 0 Å². The van der Waals surface area contributed by atoms with Crippen LogP contribution in [0.3, 0.4) is 0 Å². The zero-order chi connectivity index (χ0) is 11.0. The molecule has 0 saturated carbocycles. The van der Waals surface area contributed by atoms with E-state index in [2.05, 4.69) is 49.7 Å². The topological polar surface area (TPSA) is 27.3 Å². The van der Waals surface area contributed by atoms with Gasteiger partial charge in [0, 0.05) is 36.7 Å². The lowest BCUT2D eigenvalue weighted by molar-refractivity contribution is 0.466. The summed E-state index contributed by atoms with van der Waals surface area (Å²) in [5, 5.41) is 7.00. The molecule has 1 aromatic rings. The third-order valence-electron chi connectivity index (χ3n) is 3.41. The van der Waals surface area contributed by atoms with Gasteiger partial charge in [0.15, 0.2) is 0 Å². The van der Waals surface area contributed by atoms with E-state index in [4.69, 9.17) is 0 Å². The molecule has 0 aromatic heterocycles. The van der Waals surface area contributed by atoms with Crippen molar-refractivity contribution in [1.82, 2.24) is 5.32 Å². The Kier molecular flexibility index (Phi) is 2.77. The lowest BCUT2D eigenvalue weighted by Gasteiger charge is -2.37. The molecule has 0 bridgehead atoms. The second-order valence-corrected chi connectivity index (χ2v) is 5.34. The van der Waals surface area contributed by atoms with Crippen molar-refractivity contribution in [3.05, 3.63) is 22.7 Å². The predicted octanol–water partition coefficient (Wildman–Crippen LogP) is 2.04. The number of hydrogen-bond donors (Lipinski definition) is 2. The summed E-state index contributed by atoms with van der Waals surface area (Å²) in [7, 11) is 0. The number of anilines is 2. The van der Waals surface area contributed by atoms with Gasteiger partial charge in [-0.25, -0.2) is 0 Å². The first kappa shape index (κ1) is 10.4. The van der Waals surface area contributed by atoms with Crippen molar-refractivity contribution in [2.45, 2.75) is 12.5 Å². The summed E-state index contributed by atoms with van der Waals surface area (Å²) in [6.07, 6.45) is 1.21. The zero-order valence-corrected chi connectivity index (χ0v) is 10.8. The predicted molar refractivity (Wildman–Crippen MR) is 71.3 cm³/mol. The Labute approximate surface area is 104 Å². The number of nitrogens with zero attached hydrogens (tertiary/aromatic N) is 1. The van der Waals surface area contributed by atoms with Gasteiger partial charge in [0.1, 0.15) is 0 Å². The zero-order valence-electron chi connectivity index (χ0n) is 9.17. The maximum Gasteiger partial charge on any atom is 0.0606 e. The number of rotatable bonds is 0. The van der Waals surface area contributed by atoms with Crippen molar-refractivity contribution in [3.8, 4) is 0 Å². The van der Waals surface area contributed by atoms with Crippen molar-refractivity contribution in [2.75, 3.05) is 36.4 Å². The molecule has 0 spiro atoms. The Balaban J connectivity index is 2.00. The number of fused-ring (bicyclic) bond motifs is 3. The van der Waals surface area contributed by atoms with Gasteiger partial charge in [-0.1, -0.05) is 15.9 Å². The van der Waals surface area contributed by atoms with E-state index in [-0.39, 0.29) is 0 Å². The summed E-state index contributed by atoms with van der Waals surface area (Å²) in [5.41, 5.74) is 2.62. The van der Waals surface area contributed by atoms with Gasteiger partial charge in [0.25, 0.3) is 0 Å². The van der Waals surface area contributed by atoms with E-state index < -0.39 is 0 Å². The van der Waals surface area contributed by atoms with Crippen LogP contribution in [-0.4, -0.2) is 32.2 Å². The highest BCUT2D eigenvalue weighted by molar-refractivity contribution is 9.10. The van der Waals surface area contributed by atoms with Gasteiger partial charge in [-0.3, -0.25) is 0 Å². The molecular formula is C12H16BrN3. The molecule has 1 aromatic carbocycles. The third-order valence-corrected chi connectivity index (χ3v) is 3.90. The summed E-state index contributed by atoms with van der Waals surface area (Å²) in [5.74, 6) is 0. The highest BCUT2D eigenvalue weighted by atomic mass is 79.9. The normalized spacial score (nSPS) is 24.1. The minimum atomic E-state index is 0.642. The van der Waals surface area contributed by atoms with E-state index in [0.717, 1.165) is 30.7 Å². The fourth-order valence-electron chi connectivity index (χ4n) is 2.61. The van der Waals surface area contributed by atoms with E-state index >= 15 is 0 Å². The summed E-state index contributed by atoms with van der Waals surface area (Å²) in [6.45, 7) is 4.37. The van der Waals surface area contributed by atoms with Crippen LogP contribution in [0.15, 0.2) is 22.7 Å². The SMILES string of the molecule is Brc1ccc2c(c1)NCCC1CNCCN21. The second kappa shape index (κ2) is 4.26. The number of piperazine rings is 1. The van der Waals surface area contributed by atoms with Gasteiger partial charge in [-0.05, 0) is 24.6 Å². The van der Waals surface area contributed by atoms with Gasteiger partial charge in [-0.2, -0.15) is 0 Å². The fourth-order valence-corrected chi connectivity index (χ4v) is 2.97. The van der Waals surface area contributed by atoms with E-state index in [1.165, 1.54) is 17.8 Å². The van der Waals surface area contributed by atoms with E-state index in [0.29, 0.717) is 6.04 Å². The standard InChI is InChI=1S/C12H16BrN3/c13-9-1-2-12-11(7-9)15-4-3-10-8-14-5-6-16(10)12/h1-2,7,10,14-15H,3-6,8H2. The molecule has 0 aliphatic carbocycles. The first-order valence-electron chi connectivity index (χ1n) is 5.85. The monoisotopic (exact) mass is 281 g/mol. The average molecular weight is 282 g/mol. The summed E-state index contributed by atoms with van der Waals surface area (Å²) in [6, 6.07) is 7.17. The molecule has 0 amide bonds. The van der Waals surface area contributed by atoms with E-state index in [1.807, 2.05) is 0 Å². The Morgan fingerprint density at radius 3 is 3.19 bits per heavy atom. The molecule has 1 saturated heterocycles. The smallest absolute Gasteiger partial charge is 0.0606 e. The minimum absolute atomic E-state index is 0.642. The van der Waals surface area contributed by atoms with E-state index in [1.54, 1.807) is 0 Å². The quantitative estimate of drug-likeness (QED) is 0.762. The minimum Gasteiger partial charge on any atom is -0.383 e. The maximum absolute atomic E-state index is 3.53. The van der Waals surface area contributed by atoms with Crippen LogP contribution in [-0.2, 0) is 0 Å². The van der Waals surface area contributed by atoms with Crippen molar-refractivity contribution >= 4 is 27.3 Å². The molecule has 1 unspecified atom stereocenters. The Bertz CT molecular complexity index is 394. The molecule has 3 rings (SSSR count). The van der Waals surface area contributed by atoms with Crippen LogP contribution in [0.1, 0.15) is 6.42 Å². The fraction of sp³-hybridized carbons (Fsp3) is 0.500. The number of nitrogens with one attached hydrogen (secondary N) is 2. The molecule has 0 radical (unpaired) electrons. The van der Waals surface area contributed by atoms with Crippen LogP contribution in [0.2, 0.25) is 0 Å². The number of hydrogen-bond acceptors (Lipinski definition) is 3. The number of benzene rings is 1. The molecule has 1 atom stereocenters. The first-order chi connectivity index (χ1) is 7.84. The molecule has 16 heavy (non-hydrogen) atoms. The highest BCUT2D eigenvalue weighted by Gasteiger charge is 2.26. The number of halogens is 1. The van der Waals surface area contributed by atoms with Gasteiger partial charge in [0.05, 0.1) is 11.4 Å². The first-order valence-corrected chi connectivity index (χ1v) is 6.65. The van der Waals surface area contributed by atoms with Gasteiger partial charge >= 0.3 is 0 Å². The molecule has 4 heteroatoms. The molecule has 3 nitrogen and oxygen atoms in total. The average Bonchev–Trinajstić information content (AvgIpc) is 2.47.